The Labute approximate surface area is 165 Å². The van der Waals surface area contributed by atoms with Crippen molar-refractivity contribution >= 4 is 15.7 Å². The number of rotatable bonds is 7. The van der Waals surface area contributed by atoms with Crippen LogP contribution in [0.1, 0.15) is 5.56 Å². The summed E-state index contributed by atoms with van der Waals surface area (Å²) >= 11 is 0. The van der Waals surface area contributed by atoms with Crippen molar-refractivity contribution in [3.05, 3.63) is 59.9 Å². The fourth-order valence-electron chi connectivity index (χ4n) is 3.12. The Morgan fingerprint density at radius 3 is 2.32 bits per heavy atom. The Morgan fingerprint density at radius 2 is 1.71 bits per heavy atom. The number of hydrogen-bond donors (Lipinski definition) is 1. The minimum absolute atomic E-state index is 0.126. The Bertz CT molecular complexity index is 866. The maximum absolute atomic E-state index is 13.3. The molecule has 1 atom stereocenters. The van der Waals surface area contributed by atoms with E-state index in [-0.39, 0.29) is 11.4 Å². The lowest BCUT2D eigenvalue weighted by atomic mass is 10.2. The average Bonchev–Trinajstić information content (AvgIpc) is 2.68. The van der Waals surface area contributed by atoms with Crippen molar-refractivity contribution in [2.75, 3.05) is 43.7 Å². The topological polar surface area (TPSA) is 70.1 Å². The van der Waals surface area contributed by atoms with E-state index in [1.807, 2.05) is 11.8 Å². The zero-order valence-corrected chi connectivity index (χ0v) is 16.6. The Balaban J connectivity index is 1.86. The van der Waals surface area contributed by atoms with Crippen LogP contribution in [0.25, 0.3) is 0 Å². The monoisotopic (exact) mass is 408 g/mol. The molecule has 6 nitrogen and oxygen atoms in total. The number of ether oxygens (including phenoxy) is 1. The molecule has 1 aliphatic rings. The van der Waals surface area contributed by atoms with Crippen LogP contribution in [0, 0.1) is 12.7 Å². The predicted octanol–water partition coefficient (Wildman–Crippen LogP) is 2.02. The zero-order chi connectivity index (χ0) is 20.1. The highest BCUT2D eigenvalue weighted by molar-refractivity contribution is 7.92. The molecule has 0 bridgehead atoms. The first-order chi connectivity index (χ1) is 13.4. The lowest BCUT2D eigenvalue weighted by molar-refractivity contribution is 0.0166. The van der Waals surface area contributed by atoms with Crippen molar-refractivity contribution in [3.8, 4) is 0 Å². The fraction of sp³-hybridized carbons (Fsp3) is 0.400. The molecule has 1 fully saturated rings. The lowest BCUT2D eigenvalue weighted by Gasteiger charge is -2.31. The summed E-state index contributed by atoms with van der Waals surface area (Å²) in [5, 5.41) is 10.6. The van der Waals surface area contributed by atoms with Crippen molar-refractivity contribution in [3.63, 3.8) is 0 Å². The highest BCUT2D eigenvalue weighted by Gasteiger charge is 2.28. The molecule has 1 unspecified atom stereocenters. The molecule has 3 rings (SSSR count). The van der Waals surface area contributed by atoms with E-state index in [4.69, 9.17) is 4.74 Å². The second-order valence-electron chi connectivity index (χ2n) is 6.89. The fourth-order valence-corrected chi connectivity index (χ4v) is 4.62. The second-order valence-corrected chi connectivity index (χ2v) is 8.75. The van der Waals surface area contributed by atoms with Gasteiger partial charge in [-0.3, -0.25) is 9.21 Å². The molecule has 0 amide bonds. The van der Waals surface area contributed by atoms with Gasteiger partial charge in [-0.05, 0) is 43.3 Å². The molecule has 0 aliphatic carbocycles. The number of sulfonamides is 1. The van der Waals surface area contributed by atoms with Crippen molar-refractivity contribution in [1.82, 2.24) is 4.90 Å². The van der Waals surface area contributed by atoms with Gasteiger partial charge in [0.2, 0.25) is 0 Å². The number of halogens is 1. The van der Waals surface area contributed by atoms with E-state index < -0.39 is 21.9 Å². The summed E-state index contributed by atoms with van der Waals surface area (Å²) in [6.45, 7) is 4.66. The summed E-state index contributed by atoms with van der Waals surface area (Å²) in [4.78, 5) is 2.16. The van der Waals surface area contributed by atoms with E-state index >= 15 is 0 Å². The van der Waals surface area contributed by atoms with Crippen LogP contribution in [-0.4, -0.2) is 63.9 Å². The summed E-state index contributed by atoms with van der Waals surface area (Å²) < 4.78 is 46.3. The van der Waals surface area contributed by atoms with Crippen molar-refractivity contribution in [1.29, 1.82) is 0 Å². The van der Waals surface area contributed by atoms with Crippen LogP contribution in [0.2, 0.25) is 0 Å². The maximum atomic E-state index is 13.3. The third-order valence-electron chi connectivity index (χ3n) is 4.67. The SMILES string of the molecule is Cc1ccc(S(=O)(=O)N(CC(O)CN2CCOCC2)c2ccc(F)cc2)cc1. The smallest absolute Gasteiger partial charge is 0.264 e. The molecule has 1 saturated heterocycles. The van der Waals surface area contributed by atoms with E-state index in [1.54, 1.807) is 12.1 Å². The third kappa shape index (κ3) is 5.08. The second kappa shape index (κ2) is 9.00. The minimum Gasteiger partial charge on any atom is -0.390 e. The van der Waals surface area contributed by atoms with E-state index in [9.17, 15) is 17.9 Å². The Hall–Kier alpha value is -2.00. The molecular formula is C20H25FN2O4S. The van der Waals surface area contributed by atoms with Crippen LogP contribution in [0.5, 0.6) is 0 Å². The molecule has 8 heteroatoms. The van der Waals surface area contributed by atoms with Crippen molar-refractivity contribution in [2.45, 2.75) is 17.9 Å². The molecule has 0 radical (unpaired) electrons. The van der Waals surface area contributed by atoms with Gasteiger partial charge in [-0.15, -0.1) is 0 Å². The van der Waals surface area contributed by atoms with Gasteiger partial charge in [0.25, 0.3) is 10.0 Å². The summed E-state index contributed by atoms with van der Waals surface area (Å²) in [5.41, 5.74) is 1.25. The number of nitrogens with zero attached hydrogens (tertiary/aromatic N) is 2. The molecule has 1 N–H and O–H groups in total. The van der Waals surface area contributed by atoms with Gasteiger partial charge in [0.05, 0.1) is 36.4 Å². The number of benzene rings is 2. The molecule has 0 spiro atoms. The summed E-state index contributed by atoms with van der Waals surface area (Å²) in [5.74, 6) is -0.453. The van der Waals surface area contributed by atoms with Crippen LogP contribution in [-0.2, 0) is 14.8 Å². The molecule has 1 aliphatic heterocycles. The highest BCUT2D eigenvalue weighted by Crippen LogP contribution is 2.25. The van der Waals surface area contributed by atoms with Gasteiger partial charge in [0.1, 0.15) is 5.82 Å². The van der Waals surface area contributed by atoms with Gasteiger partial charge in [-0.25, -0.2) is 12.8 Å². The van der Waals surface area contributed by atoms with Crippen molar-refractivity contribution in [2.24, 2.45) is 0 Å². The molecule has 2 aromatic rings. The van der Waals surface area contributed by atoms with E-state index in [2.05, 4.69) is 0 Å². The molecule has 2 aromatic carbocycles. The first-order valence-corrected chi connectivity index (χ1v) is 10.6. The van der Waals surface area contributed by atoms with Gasteiger partial charge in [-0.2, -0.15) is 0 Å². The predicted molar refractivity (Wildman–Crippen MR) is 105 cm³/mol. The number of hydrogen-bond acceptors (Lipinski definition) is 5. The van der Waals surface area contributed by atoms with Crippen LogP contribution in [0.3, 0.4) is 0 Å². The Morgan fingerprint density at radius 1 is 1.11 bits per heavy atom. The highest BCUT2D eigenvalue weighted by atomic mass is 32.2. The van der Waals surface area contributed by atoms with Crippen molar-refractivity contribution < 1.29 is 22.7 Å². The maximum Gasteiger partial charge on any atom is 0.264 e. The molecule has 28 heavy (non-hydrogen) atoms. The first kappa shape index (κ1) is 20.7. The van der Waals surface area contributed by atoms with E-state index in [0.717, 1.165) is 9.87 Å². The van der Waals surface area contributed by atoms with Crippen LogP contribution < -0.4 is 4.31 Å². The summed E-state index contributed by atoms with van der Waals surface area (Å²) in [6, 6.07) is 11.7. The van der Waals surface area contributed by atoms with Gasteiger partial charge >= 0.3 is 0 Å². The lowest BCUT2D eigenvalue weighted by Crippen LogP contribution is -2.46. The van der Waals surface area contributed by atoms with Crippen LogP contribution in [0.4, 0.5) is 10.1 Å². The van der Waals surface area contributed by atoms with Crippen LogP contribution in [0.15, 0.2) is 53.4 Å². The Kier molecular flexibility index (Phi) is 6.66. The number of anilines is 1. The number of aryl methyl sites for hydroxylation is 1. The standard InChI is InChI=1S/C20H25FN2O4S/c1-16-2-8-20(9-3-16)28(25,26)23(18-6-4-17(21)5-7-18)15-19(24)14-22-10-12-27-13-11-22/h2-9,19,24H,10-15H2,1H3. The van der Waals surface area contributed by atoms with E-state index in [0.29, 0.717) is 38.5 Å². The van der Waals surface area contributed by atoms with Crippen LogP contribution >= 0.6 is 0 Å². The minimum atomic E-state index is -3.91. The summed E-state index contributed by atoms with van der Waals surface area (Å²) in [6.07, 6.45) is -0.900. The van der Waals surface area contributed by atoms with Gasteiger partial charge in [0.15, 0.2) is 0 Å². The largest absolute Gasteiger partial charge is 0.390 e. The number of morpholine rings is 1. The van der Waals surface area contributed by atoms with E-state index in [1.165, 1.54) is 36.4 Å². The molecule has 0 aromatic heterocycles. The molecule has 1 heterocycles. The molecule has 152 valence electrons. The van der Waals surface area contributed by atoms with Gasteiger partial charge in [0, 0.05) is 19.6 Å². The normalized spacial score (nSPS) is 16.7. The number of β-amino-alcohol motifs (C(OH)–C–C–N with tert-alkyl or cyclic N) is 1. The zero-order valence-electron chi connectivity index (χ0n) is 15.8. The summed E-state index contributed by atoms with van der Waals surface area (Å²) in [7, 11) is -3.91. The quantitative estimate of drug-likeness (QED) is 0.759. The first-order valence-electron chi connectivity index (χ1n) is 9.19. The third-order valence-corrected chi connectivity index (χ3v) is 6.48. The van der Waals surface area contributed by atoms with Gasteiger partial charge < -0.3 is 9.84 Å². The van der Waals surface area contributed by atoms with Gasteiger partial charge in [-0.1, -0.05) is 17.7 Å². The molecule has 0 saturated carbocycles. The number of aliphatic hydroxyl groups is 1. The molecular weight excluding hydrogens is 383 g/mol. The number of aliphatic hydroxyl groups excluding tert-OH is 1. The average molecular weight is 408 g/mol.